The predicted molar refractivity (Wildman–Crippen MR) is 107 cm³/mol. The maximum Gasteiger partial charge on any atom is 0.224 e. The first-order chi connectivity index (χ1) is 12.8. The third kappa shape index (κ3) is 3.81. The Hall–Kier alpha value is -2.98. The van der Waals surface area contributed by atoms with E-state index < -0.39 is 0 Å². The fourth-order valence-corrected chi connectivity index (χ4v) is 3.78. The molecule has 0 saturated heterocycles. The van der Waals surface area contributed by atoms with Crippen LogP contribution in [0.3, 0.4) is 0 Å². The minimum atomic E-state index is 0.0201. The summed E-state index contributed by atoms with van der Waals surface area (Å²) in [4.78, 5) is 17.0. The number of carbonyl (C=O) groups is 1. The van der Waals surface area contributed by atoms with Crippen LogP contribution >= 0.6 is 11.3 Å². The van der Waals surface area contributed by atoms with Gasteiger partial charge in [-0.05, 0) is 23.3 Å². The third-order valence-corrected chi connectivity index (χ3v) is 5.26. The lowest BCUT2D eigenvalue weighted by Crippen LogP contribution is -2.24. The molecule has 128 valence electrons. The molecule has 0 aliphatic heterocycles. The van der Waals surface area contributed by atoms with Crippen LogP contribution in [-0.2, 0) is 17.8 Å². The highest BCUT2D eigenvalue weighted by atomic mass is 32.1. The van der Waals surface area contributed by atoms with E-state index in [0.717, 1.165) is 31.9 Å². The number of thiazole rings is 1. The quantitative estimate of drug-likeness (QED) is 0.556. The number of hydrogen-bond acceptors (Lipinski definition) is 3. The minimum absolute atomic E-state index is 0.0201. The summed E-state index contributed by atoms with van der Waals surface area (Å²) in [5, 5.41) is 3.98. The fourth-order valence-electron chi connectivity index (χ4n) is 2.83. The van der Waals surface area contributed by atoms with Gasteiger partial charge in [0.1, 0.15) is 5.01 Å². The molecule has 3 nitrogen and oxygen atoms in total. The summed E-state index contributed by atoms with van der Waals surface area (Å²) in [5.74, 6) is 0.0201. The summed E-state index contributed by atoms with van der Waals surface area (Å²) in [6, 6.07) is 26.2. The van der Waals surface area contributed by atoms with E-state index in [1.807, 2.05) is 60.7 Å². The Morgan fingerprint density at radius 1 is 0.885 bits per heavy atom. The number of nitrogens with zero attached hydrogens (tertiary/aromatic N) is 1. The maximum absolute atomic E-state index is 12.2. The van der Waals surface area contributed by atoms with Crippen molar-refractivity contribution in [2.75, 3.05) is 0 Å². The molecule has 0 spiro atoms. The van der Waals surface area contributed by atoms with Gasteiger partial charge in [-0.3, -0.25) is 4.79 Å². The molecule has 0 unspecified atom stereocenters. The Morgan fingerprint density at radius 2 is 1.62 bits per heavy atom. The standard InChI is InChI=1S/C22H18N2OS/c25-21(23-15-16-7-3-1-4-8-16)14-17-11-12-20-19(13-17)24-22(26-20)18-9-5-2-6-10-18/h1-13H,14-15H2,(H,23,25). The van der Waals surface area contributed by atoms with Gasteiger partial charge in [-0.2, -0.15) is 0 Å². The van der Waals surface area contributed by atoms with Crippen LogP contribution in [-0.4, -0.2) is 10.9 Å². The molecule has 0 aliphatic rings. The van der Waals surface area contributed by atoms with E-state index >= 15 is 0 Å². The van der Waals surface area contributed by atoms with Gasteiger partial charge < -0.3 is 5.32 Å². The molecule has 4 aromatic rings. The Labute approximate surface area is 156 Å². The molecule has 1 amide bonds. The number of hydrogen-bond donors (Lipinski definition) is 1. The van der Waals surface area contributed by atoms with Crippen LogP contribution in [0.4, 0.5) is 0 Å². The van der Waals surface area contributed by atoms with Crippen molar-refractivity contribution in [2.45, 2.75) is 13.0 Å². The van der Waals surface area contributed by atoms with Crippen LogP contribution in [0.15, 0.2) is 78.9 Å². The molecule has 3 aromatic carbocycles. The van der Waals surface area contributed by atoms with Crippen molar-refractivity contribution >= 4 is 27.5 Å². The lowest BCUT2D eigenvalue weighted by atomic mass is 10.1. The van der Waals surface area contributed by atoms with Crippen LogP contribution < -0.4 is 5.32 Å². The van der Waals surface area contributed by atoms with Crippen LogP contribution in [0.1, 0.15) is 11.1 Å². The molecule has 1 heterocycles. The van der Waals surface area contributed by atoms with Gasteiger partial charge in [0.05, 0.1) is 16.6 Å². The number of amides is 1. The Kier molecular flexibility index (Phi) is 4.75. The number of carbonyl (C=O) groups excluding carboxylic acids is 1. The summed E-state index contributed by atoms with van der Waals surface area (Å²) in [6.07, 6.45) is 0.362. The second-order valence-electron chi connectivity index (χ2n) is 6.13. The average molecular weight is 358 g/mol. The number of fused-ring (bicyclic) bond motifs is 1. The number of nitrogens with one attached hydrogen (secondary N) is 1. The van der Waals surface area contributed by atoms with E-state index in [9.17, 15) is 4.79 Å². The van der Waals surface area contributed by atoms with Crippen molar-refractivity contribution in [1.29, 1.82) is 0 Å². The molecule has 4 heteroatoms. The zero-order chi connectivity index (χ0) is 17.8. The van der Waals surface area contributed by atoms with Crippen molar-refractivity contribution in [3.8, 4) is 10.6 Å². The van der Waals surface area contributed by atoms with Crippen molar-refractivity contribution in [3.63, 3.8) is 0 Å². The summed E-state index contributed by atoms with van der Waals surface area (Å²) in [5.41, 5.74) is 4.15. The topological polar surface area (TPSA) is 42.0 Å². The van der Waals surface area contributed by atoms with Gasteiger partial charge in [0.15, 0.2) is 0 Å². The molecule has 0 aliphatic carbocycles. The van der Waals surface area contributed by atoms with Gasteiger partial charge >= 0.3 is 0 Å². The van der Waals surface area contributed by atoms with Gasteiger partial charge in [0.2, 0.25) is 5.91 Å². The molecular weight excluding hydrogens is 340 g/mol. The van der Waals surface area contributed by atoms with E-state index in [4.69, 9.17) is 4.98 Å². The van der Waals surface area contributed by atoms with E-state index in [0.29, 0.717) is 13.0 Å². The fraction of sp³-hybridized carbons (Fsp3) is 0.0909. The zero-order valence-electron chi connectivity index (χ0n) is 14.2. The molecule has 0 radical (unpaired) electrons. The van der Waals surface area contributed by atoms with Crippen molar-refractivity contribution < 1.29 is 4.79 Å². The van der Waals surface area contributed by atoms with Crippen molar-refractivity contribution in [1.82, 2.24) is 10.3 Å². The smallest absolute Gasteiger partial charge is 0.224 e. The highest BCUT2D eigenvalue weighted by molar-refractivity contribution is 7.21. The molecule has 0 fully saturated rings. The number of benzene rings is 3. The molecule has 1 aromatic heterocycles. The number of rotatable bonds is 5. The van der Waals surface area contributed by atoms with Gasteiger partial charge in [0.25, 0.3) is 0 Å². The maximum atomic E-state index is 12.2. The molecule has 4 rings (SSSR count). The number of aromatic nitrogens is 1. The van der Waals surface area contributed by atoms with Crippen molar-refractivity contribution in [2.24, 2.45) is 0 Å². The molecule has 0 saturated carbocycles. The first kappa shape index (κ1) is 16.5. The van der Waals surface area contributed by atoms with E-state index in [1.165, 1.54) is 0 Å². The third-order valence-electron chi connectivity index (χ3n) is 4.17. The molecule has 1 N–H and O–H groups in total. The highest BCUT2D eigenvalue weighted by Gasteiger charge is 2.09. The summed E-state index contributed by atoms with van der Waals surface area (Å²) >= 11 is 1.67. The normalized spacial score (nSPS) is 10.8. The average Bonchev–Trinajstić information content (AvgIpc) is 3.11. The van der Waals surface area contributed by atoms with E-state index in [2.05, 4.69) is 23.5 Å². The Balaban J connectivity index is 1.46. The van der Waals surface area contributed by atoms with Gasteiger partial charge in [0, 0.05) is 12.1 Å². The SMILES string of the molecule is O=C(Cc1ccc2sc(-c3ccccc3)nc2c1)NCc1ccccc1. The second kappa shape index (κ2) is 7.50. The highest BCUT2D eigenvalue weighted by Crippen LogP contribution is 2.30. The van der Waals surface area contributed by atoms with E-state index in [-0.39, 0.29) is 5.91 Å². The van der Waals surface area contributed by atoms with Gasteiger partial charge in [-0.15, -0.1) is 11.3 Å². The summed E-state index contributed by atoms with van der Waals surface area (Å²) < 4.78 is 1.14. The van der Waals surface area contributed by atoms with Gasteiger partial charge in [-0.25, -0.2) is 4.98 Å². The van der Waals surface area contributed by atoms with E-state index in [1.54, 1.807) is 11.3 Å². The predicted octanol–water partition coefficient (Wildman–Crippen LogP) is 4.82. The van der Waals surface area contributed by atoms with Crippen LogP contribution in [0.5, 0.6) is 0 Å². The lowest BCUT2D eigenvalue weighted by molar-refractivity contribution is -0.120. The molecule has 0 bridgehead atoms. The summed E-state index contributed by atoms with van der Waals surface area (Å²) in [6.45, 7) is 0.552. The van der Waals surface area contributed by atoms with Crippen LogP contribution in [0.25, 0.3) is 20.8 Å². The molecular formula is C22H18N2OS. The zero-order valence-corrected chi connectivity index (χ0v) is 15.0. The molecule has 0 atom stereocenters. The molecule has 26 heavy (non-hydrogen) atoms. The minimum Gasteiger partial charge on any atom is -0.352 e. The van der Waals surface area contributed by atoms with Gasteiger partial charge in [-0.1, -0.05) is 66.7 Å². The Bertz CT molecular complexity index is 1030. The van der Waals surface area contributed by atoms with Crippen molar-refractivity contribution in [3.05, 3.63) is 90.0 Å². The second-order valence-corrected chi connectivity index (χ2v) is 7.16. The van der Waals surface area contributed by atoms with Crippen LogP contribution in [0, 0.1) is 0 Å². The Morgan fingerprint density at radius 3 is 2.38 bits per heavy atom. The first-order valence-corrected chi connectivity index (χ1v) is 9.35. The first-order valence-electron chi connectivity index (χ1n) is 8.53. The lowest BCUT2D eigenvalue weighted by Gasteiger charge is -2.05. The largest absolute Gasteiger partial charge is 0.352 e. The monoisotopic (exact) mass is 358 g/mol. The summed E-state index contributed by atoms with van der Waals surface area (Å²) in [7, 11) is 0. The van der Waals surface area contributed by atoms with Crippen LogP contribution in [0.2, 0.25) is 0 Å².